The molecule has 0 saturated carbocycles. The van der Waals surface area contributed by atoms with Crippen LogP contribution < -0.4 is 10.5 Å². The van der Waals surface area contributed by atoms with Gasteiger partial charge in [0, 0.05) is 24.0 Å². The number of aromatic nitrogens is 1. The number of rotatable bonds is 4. The van der Waals surface area contributed by atoms with Crippen LogP contribution in [0, 0.1) is 17.1 Å². The molecule has 0 aliphatic rings. The van der Waals surface area contributed by atoms with Crippen LogP contribution in [0.5, 0.6) is 5.75 Å². The van der Waals surface area contributed by atoms with Gasteiger partial charge in [-0.15, -0.1) is 0 Å². The molecular formula is C15H14FN3O. The highest BCUT2D eigenvalue weighted by atomic mass is 19.1. The van der Waals surface area contributed by atoms with Crippen molar-refractivity contribution in [3.63, 3.8) is 0 Å². The predicted octanol–water partition coefficient (Wildman–Crippen LogP) is 2.56. The highest BCUT2D eigenvalue weighted by Crippen LogP contribution is 2.26. The molecule has 1 aromatic heterocycles. The van der Waals surface area contributed by atoms with E-state index < -0.39 is 11.9 Å². The molecule has 0 fully saturated rings. The second-order valence-corrected chi connectivity index (χ2v) is 4.44. The third-order valence-electron chi connectivity index (χ3n) is 2.81. The van der Waals surface area contributed by atoms with Crippen LogP contribution in [0.4, 0.5) is 4.39 Å². The van der Waals surface area contributed by atoms with Crippen molar-refractivity contribution in [1.82, 2.24) is 4.98 Å². The Kier molecular flexibility index (Phi) is 4.28. The van der Waals surface area contributed by atoms with Gasteiger partial charge in [-0.2, -0.15) is 5.26 Å². The summed E-state index contributed by atoms with van der Waals surface area (Å²) in [6.07, 6.45) is 2.77. The Bertz CT molecular complexity index is 623. The molecule has 5 heteroatoms. The maximum Gasteiger partial charge on any atom is 0.166 e. The van der Waals surface area contributed by atoms with Gasteiger partial charge in [0.05, 0.1) is 11.6 Å². The average molecular weight is 271 g/mol. The maximum absolute atomic E-state index is 13.8. The van der Waals surface area contributed by atoms with Crippen LogP contribution >= 0.6 is 0 Å². The lowest BCUT2D eigenvalue weighted by Crippen LogP contribution is -2.29. The lowest BCUT2D eigenvalue weighted by Gasteiger charge is -2.22. The van der Waals surface area contributed by atoms with E-state index in [4.69, 9.17) is 15.7 Å². The summed E-state index contributed by atoms with van der Waals surface area (Å²) >= 11 is 0. The zero-order chi connectivity index (χ0) is 14.5. The summed E-state index contributed by atoms with van der Waals surface area (Å²) in [5, 5.41) is 8.72. The number of nitriles is 1. The van der Waals surface area contributed by atoms with Crippen LogP contribution in [0.2, 0.25) is 0 Å². The number of nitrogens with two attached hydrogens (primary N) is 1. The Morgan fingerprint density at radius 1 is 1.40 bits per heavy atom. The van der Waals surface area contributed by atoms with E-state index in [1.807, 2.05) is 12.1 Å². The molecule has 2 atom stereocenters. The fourth-order valence-electron chi connectivity index (χ4n) is 1.83. The Labute approximate surface area is 116 Å². The molecule has 0 aliphatic heterocycles. The van der Waals surface area contributed by atoms with E-state index in [1.165, 1.54) is 12.1 Å². The van der Waals surface area contributed by atoms with E-state index in [0.29, 0.717) is 0 Å². The van der Waals surface area contributed by atoms with Crippen molar-refractivity contribution >= 4 is 0 Å². The van der Waals surface area contributed by atoms with Crippen LogP contribution in [0.3, 0.4) is 0 Å². The van der Waals surface area contributed by atoms with Gasteiger partial charge in [0.1, 0.15) is 6.10 Å². The van der Waals surface area contributed by atoms with Crippen molar-refractivity contribution in [3.05, 3.63) is 59.7 Å². The lowest BCUT2D eigenvalue weighted by molar-refractivity contribution is 0.172. The van der Waals surface area contributed by atoms with E-state index in [-0.39, 0.29) is 17.4 Å². The number of hydrogen-bond acceptors (Lipinski definition) is 4. The number of ether oxygens (including phenoxy) is 1. The predicted molar refractivity (Wildman–Crippen MR) is 72.4 cm³/mol. The summed E-state index contributed by atoms with van der Waals surface area (Å²) in [5.74, 6) is -0.520. The van der Waals surface area contributed by atoms with E-state index >= 15 is 0 Å². The Hall–Kier alpha value is -2.45. The first-order valence-electron chi connectivity index (χ1n) is 6.13. The molecule has 0 spiro atoms. The van der Waals surface area contributed by atoms with Crippen LogP contribution in [-0.2, 0) is 0 Å². The smallest absolute Gasteiger partial charge is 0.166 e. The Balaban J connectivity index is 2.28. The topological polar surface area (TPSA) is 71.9 Å². The van der Waals surface area contributed by atoms with E-state index in [0.717, 1.165) is 11.6 Å². The van der Waals surface area contributed by atoms with Gasteiger partial charge in [0.2, 0.25) is 0 Å². The number of hydrogen-bond donors (Lipinski definition) is 1. The van der Waals surface area contributed by atoms with Crippen LogP contribution in [0.1, 0.15) is 24.2 Å². The second kappa shape index (κ2) is 6.13. The van der Waals surface area contributed by atoms with Gasteiger partial charge in [-0.3, -0.25) is 4.98 Å². The summed E-state index contributed by atoms with van der Waals surface area (Å²) in [6, 6.07) is 9.19. The number of nitrogens with zero attached hydrogens (tertiary/aromatic N) is 2. The lowest BCUT2D eigenvalue weighted by atomic mass is 10.1. The Morgan fingerprint density at radius 2 is 2.20 bits per heavy atom. The third-order valence-corrected chi connectivity index (χ3v) is 2.81. The van der Waals surface area contributed by atoms with Crippen molar-refractivity contribution in [3.8, 4) is 11.8 Å². The minimum absolute atomic E-state index is 0.0650. The minimum atomic E-state index is -0.585. The summed E-state index contributed by atoms with van der Waals surface area (Å²) in [7, 11) is 0. The third kappa shape index (κ3) is 3.11. The summed E-state index contributed by atoms with van der Waals surface area (Å²) in [6.45, 7) is 1.78. The zero-order valence-electron chi connectivity index (χ0n) is 11.0. The zero-order valence-corrected chi connectivity index (χ0v) is 11.0. The van der Waals surface area contributed by atoms with Crippen molar-refractivity contribution in [2.24, 2.45) is 5.73 Å². The highest BCUT2D eigenvalue weighted by Gasteiger charge is 2.20. The molecule has 1 heterocycles. The SMILES string of the molecule is CC(N)C(Oc1ccc(C#N)cc1F)c1cccnc1. The standard InChI is InChI=1S/C15H14FN3O/c1-10(18)15(12-3-2-6-19-9-12)20-14-5-4-11(8-17)7-13(14)16/h2-7,9-10,15H,18H2,1H3. The number of halogens is 1. The molecule has 4 nitrogen and oxygen atoms in total. The fourth-order valence-corrected chi connectivity index (χ4v) is 1.83. The fraction of sp³-hybridized carbons (Fsp3) is 0.200. The van der Waals surface area contributed by atoms with Gasteiger partial charge in [-0.1, -0.05) is 6.07 Å². The molecule has 1 aromatic carbocycles. The summed E-state index contributed by atoms with van der Waals surface area (Å²) in [5.41, 5.74) is 6.91. The molecule has 20 heavy (non-hydrogen) atoms. The van der Waals surface area contributed by atoms with Gasteiger partial charge in [0.25, 0.3) is 0 Å². The molecule has 102 valence electrons. The van der Waals surface area contributed by atoms with Gasteiger partial charge in [0.15, 0.2) is 11.6 Å². The van der Waals surface area contributed by atoms with Gasteiger partial charge in [-0.05, 0) is 31.2 Å². The number of benzene rings is 1. The first-order valence-corrected chi connectivity index (χ1v) is 6.13. The van der Waals surface area contributed by atoms with Crippen LogP contribution in [0.25, 0.3) is 0 Å². The van der Waals surface area contributed by atoms with Crippen molar-refractivity contribution < 1.29 is 9.13 Å². The molecule has 2 rings (SSSR count). The van der Waals surface area contributed by atoms with Crippen molar-refractivity contribution in [2.75, 3.05) is 0 Å². The van der Waals surface area contributed by atoms with E-state index in [9.17, 15) is 4.39 Å². The second-order valence-electron chi connectivity index (χ2n) is 4.44. The largest absolute Gasteiger partial charge is 0.481 e. The van der Waals surface area contributed by atoms with Gasteiger partial charge in [-0.25, -0.2) is 4.39 Å². The maximum atomic E-state index is 13.8. The molecule has 2 aromatic rings. The normalized spacial score (nSPS) is 13.3. The average Bonchev–Trinajstić information content (AvgIpc) is 2.46. The first kappa shape index (κ1) is 14.0. The molecule has 0 amide bonds. The Morgan fingerprint density at radius 3 is 2.75 bits per heavy atom. The van der Waals surface area contributed by atoms with Gasteiger partial charge >= 0.3 is 0 Å². The van der Waals surface area contributed by atoms with E-state index in [1.54, 1.807) is 25.4 Å². The molecule has 0 aliphatic carbocycles. The molecular weight excluding hydrogens is 257 g/mol. The molecule has 0 bridgehead atoms. The van der Waals surface area contributed by atoms with Crippen LogP contribution in [0.15, 0.2) is 42.7 Å². The summed E-state index contributed by atoms with van der Waals surface area (Å²) in [4.78, 5) is 4.01. The quantitative estimate of drug-likeness (QED) is 0.927. The summed E-state index contributed by atoms with van der Waals surface area (Å²) < 4.78 is 19.5. The first-order chi connectivity index (χ1) is 9.61. The van der Waals surface area contributed by atoms with Crippen molar-refractivity contribution in [2.45, 2.75) is 19.1 Å². The van der Waals surface area contributed by atoms with Crippen molar-refractivity contribution in [1.29, 1.82) is 5.26 Å². The molecule has 2 unspecified atom stereocenters. The minimum Gasteiger partial charge on any atom is -0.481 e. The van der Waals surface area contributed by atoms with E-state index in [2.05, 4.69) is 4.98 Å². The monoisotopic (exact) mass is 271 g/mol. The number of pyridine rings is 1. The molecule has 0 saturated heterocycles. The van der Waals surface area contributed by atoms with Gasteiger partial charge < -0.3 is 10.5 Å². The highest BCUT2D eigenvalue weighted by molar-refractivity contribution is 5.36. The molecule has 0 radical (unpaired) electrons. The molecule has 2 N–H and O–H groups in total. The van der Waals surface area contributed by atoms with Crippen LogP contribution in [-0.4, -0.2) is 11.0 Å².